The topological polar surface area (TPSA) is 79.6 Å². The van der Waals surface area contributed by atoms with Crippen molar-refractivity contribution in [3.63, 3.8) is 0 Å². The van der Waals surface area contributed by atoms with E-state index in [0.29, 0.717) is 37.5 Å². The lowest BCUT2D eigenvalue weighted by Crippen LogP contribution is -2.73. The number of nitrogens with zero attached hydrogens (tertiary/aromatic N) is 3. The number of aliphatic hydroxyl groups excluding tert-OH is 1. The Bertz CT molecular complexity index is 831. The number of likely N-dealkylation sites (tertiary alicyclic amines) is 2. The van der Waals surface area contributed by atoms with Crippen LogP contribution in [-0.4, -0.2) is 70.7 Å². The number of aliphatic hydroxyl groups is 1. The number of hydrogen-bond donors (Lipinski definition) is 2. The lowest BCUT2D eigenvalue weighted by atomic mass is 9.80. The smallest absolute Gasteiger partial charge is 0.225 e. The van der Waals surface area contributed by atoms with Gasteiger partial charge in [-0.05, 0) is 50.5 Å². The first kappa shape index (κ1) is 21.9. The highest BCUT2D eigenvalue weighted by Gasteiger charge is 2.51. The first-order valence-electron chi connectivity index (χ1n) is 12.5. The van der Waals surface area contributed by atoms with Crippen LogP contribution in [0.5, 0.6) is 0 Å². The lowest BCUT2D eigenvalue weighted by molar-refractivity contribution is -0.153. The highest BCUT2D eigenvalue weighted by atomic mass is 16.3. The number of hydrogen-bond acceptors (Lipinski definition) is 5. The van der Waals surface area contributed by atoms with Crippen LogP contribution in [0, 0.1) is 17.2 Å². The van der Waals surface area contributed by atoms with Gasteiger partial charge in [-0.1, -0.05) is 30.3 Å². The Balaban J connectivity index is 1.10. The highest BCUT2D eigenvalue weighted by Crippen LogP contribution is 2.42. The quantitative estimate of drug-likeness (QED) is 0.717. The van der Waals surface area contributed by atoms with E-state index in [1.165, 1.54) is 12.0 Å². The van der Waals surface area contributed by atoms with Crippen molar-refractivity contribution in [2.75, 3.05) is 26.2 Å². The molecule has 5 rings (SSSR count). The molecule has 1 aromatic rings. The molecule has 2 N–H and O–H groups in total. The molecule has 172 valence electrons. The summed E-state index contributed by atoms with van der Waals surface area (Å²) in [6, 6.07) is 14.4. The molecule has 2 aliphatic heterocycles. The first-order chi connectivity index (χ1) is 15.6. The van der Waals surface area contributed by atoms with E-state index in [9.17, 15) is 15.2 Å². The molecule has 1 aromatic carbocycles. The average molecular weight is 437 g/mol. The number of piperidine rings is 1. The molecular weight excluding hydrogens is 400 g/mol. The van der Waals surface area contributed by atoms with Gasteiger partial charge in [0.15, 0.2) is 0 Å². The zero-order valence-electron chi connectivity index (χ0n) is 19.0. The zero-order chi connectivity index (χ0) is 22.1. The summed E-state index contributed by atoms with van der Waals surface area (Å²) in [5.74, 6) is 0.957. The van der Waals surface area contributed by atoms with Crippen LogP contribution in [0.1, 0.15) is 62.8 Å². The Morgan fingerprint density at radius 1 is 1.09 bits per heavy atom. The summed E-state index contributed by atoms with van der Waals surface area (Å²) >= 11 is 0. The van der Waals surface area contributed by atoms with Crippen LogP contribution >= 0.6 is 0 Å². The van der Waals surface area contributed by atoms with Gasteiger partial charge in [-0.2, -0.15) is 5.26 Å². The minimum Gasteiger partial charge on any atom is -0.393 e. The Hall–Kier alpha value is -1.94. The van der Waals surface area contributed by atoms with Gasteiger partial charge >= 0.3 is 0 Å². The van der Waals surface area contributed by atoms with Crippen LogP contribution in [0.15, 0.2) is 30.3 Å². The van der Waals surface area contributed by atoms with Crippen molar-refractivity contribution in [1.82, 2.24) is 15.1 Å². The van der Waals surface area contributed by atoms with Gasteiger partial charge in [-0.25, -0.2) is 0 Å². The second-order valence-electron chi connectivity index (χ2n) is 10.5. The predicted molar refractivity (Wildman–Crippen MR) is 123 cm³/mol. The third-order valence-electron chi connectivity index (χ3n) is 8.37. The van der Waals surface area contributed by atoms with Gasteiger partial charge in [0.25, 0.3) is 0 Å². The zero-order valence-corrected chi connectivity index (χ0v) is 19.0. The Morgan fingerprint density at radius 2 is 1.78 bits per heavy atom. The van der Waals surface area contributed by atoms with Gasteiger partial charge in [0.05, 0.1) is 24.1 Å². The monoisotopic (exact) mass is 436 g/mol. The van der Waals surface area contributed by atoms with Gasteiger partial charge in [-0.3, -0.25) is 9.69 Å². The van der Waals surface area contributed by atoms with Crippen LogP contribution in [0.2, 0.25) is 0 Å². The number of amides is 1. The lowest BCUT2D eigenvalue weighted by Gasteiger charge is -2.57. The number of rotatable bonds is 6. The van der Waals surface area contributed by atoms with E-state index in [0.717, 1.165) is 51.6 Å². The molecule has 2 saturated carbocycles. The summed E-state index contributed by atoms with van der Waals surface area (Å²) in [7, 11) is 0. The van der Waals surface area contributed by atoms with Crippen LogP contribution in [-0.2, 0) is 4.79 Å². The van der Waals surface area contributed by atoms with E-state index in [-0.39, 0.29) is 23.5 Å². The van der Waals surface area contributed by atoms with Crippen molar-refractivity contribution in [3.8, 4) is 6.07 Å². The molecular formula is C26H36N4O2. The van der Waals surface area contributed by atoms with E-state index in [1.54, 1.807) is 0 Å². The van der Waals surface area contributed by atoms with Crippen molar-refractivity contribution in [3.05, 3.63) is 35.9 Å². The molecule has 2 aliphatic carbocycles. The number of carbonyl (C=O) groups excluding carboxylic acids is 1. The SMILES string of the molecule is N#CCC1(N2CCC(N[C@@H]3C[C@H]3c3ccccc3)CC2)CN(C(=O)[C@H]2CC[C@@H](O)CC2)C1. The van der Waals surface area contributed by atoms with Crippen molar-refractivity contribution < 1.29 is 9.90 Å². The molecule has 6 nitrogen and oxygen atoms in total. The van der Waals surface area contributed by atoms with E-state index < -0.39 is 0 Å². The molecule has 32 heavy (non-hydrogen) atoms. The van der Waals surface area contributed by atoms with Gasteiger partial charge in [-0.15, -0.1) is 0 Å². The molecule has 4 aliphatic rings. The average Bonchev–Trinajstić information content (AvgIpc) is 3.56. The summed E-state index contributed by atoms with van der Waals surface area (Å²) in [6.07, 6.45) is 6.78. The van der Waals surface area contributed by atoms with Crippen LogP contribution in [0.4, 0.5) is 0 Å². The molecule has 0 spiro atoms. The molecule has 0 unspecified atom stereocenters. The normalized spacial score (nSPS) is 32.7. The number of carbonyl (C=O) groups is 1. The third kappa shape index (κ3) is 4.44. The minimum atomic E-state index is -0.235. The second-order valence-corrected chi connectivity index (χ2v) is 10.5. The van der Waals surface area contributed by atoms with Crippen LogP contribution in [0.25, 0.3) is 0 Å². The largest absolute Gasteiger partial charge is 0.393 e. The minimum absolute atomic E-state index is 0.0597. The fraction of sp³-hybridized carbons (Fsp3) is 0.692. The maximum atomic E-state index is 12.9. The Labute approximate surface area is 191 Å². The summed E-state index contributed by atoms with van der Waals surface area (Å²) in [4.78, 5) is 17.4. The van der Waals surface area contributed by atoms with E-state index in [4.69, 9.17) is 0 Å². The molecule has 2 atom stereocenters. The van der Waals surface area contributed by atoms with Crippen LogP contribution < -0.4 is 5.32 Å². The van der Waals surface area contributed by atoms with Crippen molar-refractivity contribution in [2.45, 2.75) is 81.0 Å². The number of benzene rings is 1. The molecule has 1 amide bonds. The summed E-state index contributed by atoms with van der Waals surface area (Å²) < 4.78 is 0. The van der Waals surface area contributed by atoms with Gasteiger partial charge < -0.3 is 15.3 Å². The van der Waals surface area contributed by atoms with Gasteiger partial charge in [0.2, 0.25) is 5.91 Å². The molecule has 2 saturated heterocycles. The van der Waals surface area contributed by atoms with E-state index >= 15 is 0 Å². The molecule has 0 bridgehead atoms. The predicted octanol–water partition coefficient (Wildman–Crippen LogP) is 2.64. The number of nitriles is 1. The molecule has 4 fully saturated rings. The molecule has 0 radical (unpaired) electrons. The number of nitrogens with one attached hydrogen (secondary N) is 1. The molecule has 6 heteroatoms. The summed E-state index contributed by atoms with van der Waals surface area (Å²) in [5, 5.41) is 23.1. The van der Waals surface area contributed by atoms with Crippen molar-refractivity contribution >= 4 is 5.91 Å². The van der Waals surface area contributed by atoms with Crippen molar-refractivity contribution in [2.24, 2.45) is 5.92 Å². The Morgan fingerprint density at radius 3 is 2.44 bits per heavy atom. The Kier molecular flexibility index (Phi) is 6.24. The first-order valence-corrected chi connectivity index (χ1v) is 12.5. The maximum Gasteiger partial charge on any atom is 0.225 e. The van der Waals surface area contributed by atoms with Crippen LogP contribution in [0.3, 0.4) is 0 Å². The standard InChI is InChI=1S/C26H36N4O2/c27-13-12-26(17-29(18-26)25(32)20-6-8-22(31)9-7-20)30-14-10-21(11-15-30)28-24-16-23(24)19-4-2-1-3-5-19/h1-5,20-24,28,31H,6-12,14-18H2/t20-,22+,23-,24+/m0/s1. The van der Waals surface area contributed by atoms with E-state index in [2.05, 4.69) is 46.6 Å². The maximum absolute atomic E-state index is 12.9. The fourth-order valence-corrected chi connectivity index (χ4v) is 6.24. The summed E-state index contributed by atoms with van der Waals surface area (Å²) in [5.41, 5.74) is 1.29. The second kappa shape index (κ2) is 9.13. The van der Waals surface area contributed by atoms with Gasteiger partial charge in [0.1, 0.15) is 0 Å². The summed E-state index contributed by atoms with van der Waals surface area (Å²) in [6.45, 7) is 3.38. The van der Waals surface area contributed by atoms with Crippen molar-refractivity contribution in [1.29, 1.82) is 5.26 Å². The van der Waals surface area contributed by atoms with Gasteiger partial charge in [0, 0.05) is 50.1 Å². The van der Waals surface area contributed by atoms with E-state index in [1.807, 2.05) is 4.90 Å². The highest BCUT2D eigenvalue weighted by molar-refractivity contribution is 5.80. The molecule has 0 aromatic heterocycles. The third-order valence-corrected chi connectivity index (χ3v) is 8.37. The fourth-order valence-electron chi connectivity index (χ4n) is 6.24. The molecule has 2 heterocycles.